The molecule has 0 radical (unpaired) electrons. The summed E-state index contributed by atoms with van der Waals surface area (Å²) in [6, 6.07) is 15.8. The zero-order valence-corrected chi connectivity index (χ0v) is 21.6. The molecule has 3 heteroatoms. The summed E-state index contributed by atoms with van der Waals surface area (Å²) in [5, 5.41) is 0.797. The van der Waals surface area contributed by atoms with E-state index in [2.05, 4.69) is 49.1 Å². The summed E-state index contributed by atoms with van der Waals surface area (Å²) in [5.41, 5.74) is 9.79. The zero-order valence-electron chi connectivity index (χ0n) is 20.8. The lowest BCUT2D eigenvalue weighted by molar-refractivity contribution is 0.186. The number of hydrogen-bond donors (Lipinski definition) is 0. The number of rotatable bonds is 5. The fourth-order valence-corrected chi connectivity index (χ4v) is 5.62. The van der Waals surface area contributed by atoms with Crippen molar-refractivity contribution in [2.75, 3.05) is 13.1 Å². The Morgan fingerprint density at radius 1 is 1.03 bits per heavy atom. The van der Waals surface area contributed by atoms with Crippen molar-refractivity contribution in [2.45, 2.75) is 84.6 Å². The van der Waals surface area contributed by atoms with E-state index >= 15 is 0 Å². The average Bonchev–Trinajstić information content (AvgIpc) is 3.70. The quantitative estimate of drug-likeness (QED) is 0.411. The first kappa shape index (κ1) is 24.2. The van der Waals surface area contributed by atoms with Crippen LogP contribution >= 0.6 is 11.6 Å². The van der Waals surface area contributed by atoms with Gasteiger partial charge >= 0.3 is 0 Å². The number of hydrogen-bond acceptors (Lipinski definition) is 2. The van der Waals surface area contributed by atoms with Gasteiger partial charge in [-0.2, -0.15) is 0 Å². The van der Waals surface area contributed by atoms with E-state index in [1.807, 2.05) is 26.0 Å². The highest BCUT2D eigenvalue weighted by Crippen LogP contribution is 2.44. The monoisotopic (exact) mass is 462 g/mol. The van der Waals surface area contributed by atoms with Crippen LogP contribution in [0.15, 0.2) is 58.7 Å². The third kappa shape index (κ3) is 5.44. The molecular formula is C30H39ClN2. The van der Waals surface area contributed by atoms with Crippen LogP contribution < -0.4 is 0 Å². The number of aryl methyl sites for hydroxylation is 1. The highest BCUT2D eigenvalue weighted by Gasteiger charge is 2.32. The SMILES string of the molecule is CC.CCC(=NC1=C(C)CCN(C2CCc3cccc(C4CC4)c3C2)C1)c1ccccc1Cl. The Kier molecular flexibility index (Phi) is 8.09. The van der Waals surface area contributed by atoms with Crippen LogP contribution in [0.1, 0.15) is 88.0 Å². The molecule has 0 aromatic heterocycles. The number of fused-ring (bicyclic) bond motifs is 1. The van der Waals surface area contributed by atoms with E-state index in [-0.39, 0.29) is 0 Å². The average molecular weight is 463 g/mol. The summed E-state index contributed by atoms with van der Waals surface area (Å²) in [7, 11) is 0. The first-order chi connectivity index (χ1) is 16.1. The van der Waals surface area contributed by atoms with Gasteiger partial charge in [0, 0.05) is 35.4 Å². The van der Waals surface area contributed by atoms with E-state index in [9.17, 15) is 0 Å². The topological polar surface area (TPSA) is 15.6 Å². The predicted octanol–water partition coefficient (Wildman–Crippen LogP) is 7.98. The Morgan fingerprint density at radius 2 is 1.82 bits per heavy atom. The standard InChI is InChI=1S/C28H33ClN2.C2H6/c1-3-27(24-8-4-5-10-26(24)29)30-28-18-31(16-15-19(28)2)22-14-13-20-7-6-9-23(21-11-12-21)25(20)17-22;1-2/h4-10,21-22H,3,11-18H2,1-2H3;1-2H3. The van der Waals surface area contributed by atoms with Crippen LogP contribution in [-0.2, 0) is 12.8 Å². The summed E-state index contributed by atoms with van der Waals surface area (Å²) in [5.74, 6) is 0.833. The Labute approximate surface area is 205 Å². The molecule has 1 saturated carbocycles. The van der Waals surface area contributed by atoms with Crippen molar-refractivity contribution >= 4 is 17.3 Å². The van der Waals surface area contributed by atoms with Crippen LogP contribution in [-0.4, -0.2) is 29.7 Å². The normalized spacial score (nSPS) is 21.4. The van der Waals surface area contributed by atoms with Gasteiger partial charge in [0.05, 0.1) is 5.70 Å². The Hall–Kier alpha value is -1.90. The molecule has 176 valence electrons. The lowest BCUT2D eigenvalue weighted by Gasteiger charge is -2.38. The third-order valence-corrected chi connectivity index (χ3v) is 7.77. The maximum absolute atomic E-state index is 6.49. The Balaban J connectivity index is 0.00000126. The summed E-state index contributed by atoms with van der Waals surface area (Å²) >= 11 is 6.49. The van der Waals surface area contributed by atoms with Gasteiger partial charge in [-0.1, -0.05) is 68.8 Å². The first-order valence-corrected chi connectivity index (χ1v) is 13.4. The summed E-state index contributed by atoms with van der Waals surface area (Å²) < 4.78 is 0. The van der Waals surface area contributed by atoms with E-state index in [0.717, 1.165) is 48.1 Å². The Morgan fingerprint density at radius 3 is 2.55 bits per heavy atom. The highest BCUT2D eigenvalue weighted by molar-refractivity contribution is 6.34. The fraction of sp³-hybridized carbons (Fsp3) is 0.500. The van der Waals surface area contributed by atoms with Crippen molar-refractivity contribution in [3.05, 3.63) is 81.0 Å². The van der Waals surface area contributed by atoms with Gasteiger partial charge in [-0.05, 0) is 86.1 Å². The molecule has 2 aliphatic carbocycles. The largest absolute Gasteiger partial charge is 0.294 e. The van der Waals surface area contributed by atoms with Gasteiger partial charge in [-0.3, -0.25) is 9.89 Å². The van der Waals surface area contributed by atoms with Crippen LogP contribution in [0.2, 0.25) is 5.02 Å². The summed E-state index contributed by atoms with van der Waals surface area (Å²) in [4.78, 5) is 7.89. The molecule has 1 atom stereocenters. The van der Waals surface area contributed by atoms with Crippen LogP contribution in [0, 0.1) is 0 Å². The van der Waals surface area contributed by atoms with Crippen LogP contribution in [0.4, 0.5) is 0 Å². The third-order valence-electron chi connectivity index (χ3n) is 7.44. The lowest BCUT2D eigenvalue weighted by Crippen LogP contribution is -2.43. The summed E-state index contributed by atoms with van der Waals surface area (Å²) in [6.45, 7) is 10.6. The molecule has 1 heterocycles. The second-order valence-electron chi connectivity index (χ2n) is 9.50. The summed E-state index contributed by atoms with van der Waals surface area (Å²) in [6.07, 6.45) is 8.47. The van der Waals surface area contributed by atoms with Crippen molar-refractivity contribution in [1.29, 1.82) is 0 Å². The van der Waals surface area contributed by atoms with E-state index < -0.39 is 0 Å². The number of nitrogens with zero attached hydrogens (tertiary/aromatic N) is 2. The molecule has 3 aliphatic rings. The second-order valence-corrected chi connectivity index (χ2v) is 9.90. The number of benzene rings is 2. The molecule has 0 bridgehead atoms. The molecule has 0 spiro atoms. The molecule has 5 rings (SSSR count). The van der Waals surface area contributed by atoms with E-state index in [0.29, 0.717) is 6.04 Å². The van der Waals surface area contributed by atoms with Gasteiger partial charge < -0.3 is 0 Å². The second kappa shape index (κ2) is 11.0. The van der Waals surface area contributed by atoms with Crippen LogP contribution in [0.3, 0.4) is 0 Å². The molecule has 2 aromatic rings. The molecule has 2 aromatic carbocycles. The number of halogens is 1. The van der Waals surface area contributed by atoms with Crippen LogP contribution in [0.25, 0.3) is 0 Å². The first-order valence-electron chi connectivity index (χ1n) is 13.0. The minimum Gasteiger partial charge on any atom is -0.294 e. The maximum atomic E-state index is 6.49. The van der Waals surface area contributed by atoms with Crippen LogP contribution in [0.5, 0.6) is 0 Å². The highest BCUT2D eigenvalue weighted by atomic mass is 35.5. The molecule has 0 amide bonds. The predicted molar refractivity (Wildman–Crippen MR) is 143 cm³/mol. The maximum Gasteiger partial charge on any atom is 0.0537 e. The lowest BCUT2D eigenvalue weighted by atomic mass is 9.83. The van der Waals surface area contributed by atoms with Gasteiger partial charge in [-0.25, -0.2) is 0 Å². The molecule has 1 fully saturated rings. The molecular weight excluding hydrogens is 424 g/mol. The minimum atomic E-state index is 0.635. The van der Waals surface area contributed by atoms with Crippen molar-refractivity contribution in [2.24, 2.45) is 4.99 Å². The van der Waals surface area contributed by atoms with Crippen molar-refractivity contribution in [3.8, 4) is 0 Å². The van der Waals surface area contributed by atoms with Crippen molar-refractivity contribution in [1.82, 2.24) is 4.90 Å². The van der Waals surface area contributed by atoms with Crippen molar-refractivity contribution in [3.63, 3.8) is 0 Å². The molecule has 1 aliphatic heterocycles. The van der Waals surface area contributed by atoms with Gasteiger partial charge in [0.15, 0.2) is 0 Å². The molecule has 33 heavy (non-hydrogen) atoms. The van der Waals surface area contributed by atoms with Gasteiger partial charge in [-0.15, -0.1) is 0 Å². The smallest absolute Gasteiger partial charge is 0.0537 e. The van der Waals surface area contributed by atoms with Gasteiger partial charge in [0.25, 0.3) is 0 Å². The minimum absolute atomic E-state index is 0.635. The Bertz CT molecular complexity index is 1030. The molecule has 1 unspecified atom stereocenters. The fourth-order valence-electron chi connectivity index (χ4n) is 5.38. The molecule has 2 nitrogen and oxygen atoms in total. The van der Waals surface area contributed by atoms with E-state index in [1.165, 1.54) is 43.4 Å². The van der Waals surface area contributed by atoms with E-state index in [1.54, 1.807) is 16.7 Å². The van der Waals surface area contributed by atoms with Crippen molar-refractivity contribution < 1.29 is 0 Å². The van der Waals surface area contributed by atoms with Gasteiger partial charge in [0.1, 0.15) is 0 Å². The molecule has 0 saturated heterocycles. The number of aliphatic imine (C=N–C) groups is 1. The molecule has 0 N–H and O–H groups in total. The van der Waals surface area contributed by atoms with E-state index in [4.69, 9.17) is 16.6 Å². The zero-order chi connectivity index (χ0) is 23.4. The van der Waals surface area contributed by atoms with Gasteiger partial charge in [0.2, 0.25) is 0 Å².